The number of anilines is 2. The highest BCUT2D eigenvalue weighted by Gasteiger charge is 2.23. The number of hydrogen-bond acceptors (Lipinski definition) is 6. The highest BCUT2D eigenvalue weighted by atomic mass is 35.5. The SMILES string of the molecule is Cc1cc(NC(=O)c2ccco2)sc1C(=O)OC(C)C(=O)Nc1ccc(Cl)cc1. The van der Waals surface area contributed by atoms with Gasteiger partial charge in [0.1, 0.15) is 4.88 Å². The first-order chi connectivity index (χ1) is 13.8. The van der Waals surface area contributed by atoms with E-state index in [1.165, 1.54) is 19.3 Å². The fourth-order valence-electron chi connectivity index (χ4n) is 2.37. The highest BCUT2D eigenvalue weighted by molar-refractivity contribution is 7.18. The van der Waals surface area contributed by atoms with Gasteiger partial charge < -0.3 is 19.8 Å². The fourth-order valence-corrected chi connectivity index (χ4v) is 3.45. The molecule has 29 heavy (non-hydrogen) atoms. The molecule has 0 radical (unpaired) electrons. The summed E-state index contributed by atoms with van der Waals surface area (Å²) in [5, 5.41) is 6.32. The molecule has 2 aromatic heterocycles. The van der Waals surface area contributed by atoms with E-state index in [-0.39, 0.29) is 5.76 Å². The van der Waals surface area contributed by atoms with Gasteiger partial charge in [0.25, 0.3) is 11.8 Å². The Morgan fingerprint density at radius 2 is 1.86 bits per heavy atom. The molecular weight excluding hydrogens is 416 g/mol. The number of nitrogens with one attached hydrogen (secondary N) is 2. The molecular formula is C20H17ClN2O5S. The van der Waals surface area contributed by atoms with Gasteiger partial charge in [0, 0.05) is 10.7 Å². The van der Waals surface area contributed by atoms with Crippen LogP contribution >= 0.6 is 22.9 Å². The Balaban J connectivity index is 1.61. The maximum Gasteiger partial charge on any atom is 0.349 e. The average molecular weight is 433 g/mol. The van der Waals surface area contributed by atoms with Crippen LogP contribution in [-0.4, -0.2) is 23.9 Å². The summed E-state index contributed by atoms with van der Waals surface area (Å²) in [4.78, 5) is 37.1. The number of amides is 2. The van der Waals surface area contributed by atoms with Crippen LogP contribution in [0.4, 0.5) is 10.7 Å². The van der Waals surface area contributed by atoms with Crippen molar-refractivity contribution in [3.05, 3.63) is 70.0 Å². The molecule has 2 N–H and O–H groups in total. The normalized spacial score (nSPS) is 11.6. The average Bonchev–Trinajstić information content (AvgIpc) is 3.33. The number of carbonyl (C=O) groups excluding carboxylic acids is 3. The second kappa shape index (κ2) is 8.93. The molecule has 1 unspecified atom stereocenters. The summed E-state index contributed by atoms with van der Waals surface area (Å²) in [7, 11) is 0. The molecule has 0 spiro atoms. The summed E-state index contributed by atoms with van der Waals surface area (Å²) < 4.78 is 10.3. The Morgan fingerprint density at radius 1 is 1.14 bits per heavy atom. The maximum atomic E-state index is 12.5. The predicted octanol–water partition coefficient (Wildman–Crippen LogP) is 4.74. The Hall–Kier alpha value is -3.10. The summed E-state index contributed by atoms with van der Waals surface area (Å²) in [6.07, 6.45) is 0.384. The largest absolute Gasteiger partial charge is 0.459 e. The molecule has 0 aliphatic heterocycles. The molecule has 1 aromatic carbocycles. The molecule has 0 fully saturated rings. The molecule has 0 aliphatic carbocycles. The van der Waals surface area contributed by atoms with Gasteiger partial charge in [0.15, 0.2) is 11.9 Å². The molecule has 0 saturated heterocycles. The lowest BCUT2D eigenvalue weighted by atomic mass is 10.2. The van der Waals surface area contributed by atoms with Gasteiger partial charge in [-0.1, -0.05) is 11.6 Å². The fraction of sp³-hybridized carbons (Fsp3) is 0.150. The van der Waals surface area contributed by atoms with Crippen LogP contribution in [-0.2, 0) is 9.53 Å². The van der Waals surface area contributed by atoms with E-state index < -0.39 is 23.9 Å². The minimum Gasteiger partial charge on any atom is -0.459 e. The zero-order chi connectivity index (χ0) is 21.0. The van der Waals surface area contributed by atoms with Gasteiger partial charge in [-0.2, -0.15) is 0 Å². The van der Waals surface area contributed by atoms with E-state index in [0.29, 0.717) is 26.2 Å². The summed E-state index contributed by atoms with van der Waals surface area (Å²) in [6.45, 7) is 3.19. The molecule has 7 nitrogen and oxygen atoms in total. The van der Waals surface area contributed by atoms with Gasteiger partial charge in [-0.05, 0) is 61.9 Å². The predicted molar refractivity (Wildman–Crippen MR) is 111 cm³/mol. The van der Waals surface area contributed by atoms with Crippen molar-refractivity contribution in [3.8, 4) is 0 Å². The van der Waals surface area contributed by atoms with Crippen molar-refractivity contribution in [2.45, 2.75) is 20.0 Å². The van der Waals surface area contributed by atoms with E-state index in [4.69, 9.17) is 20.8 Å². The first-order valence-electron chi connectivity index (χ1n) is 8.56. The van der Waals surface area contributed by atoms with E-state index in [0.717, 1.165) is 11.3 Å². The van der Waals surface area contributed by atoms with Gasteiger partial charge in [-0.3, -0.25) is 9.59 Å². The molecule has 3 rings (SSSR count). The van der Waals surface area contributed by atoms with E-state index in [2.05, 4.69) is 10.6 Å². The molecule has 0 saturated carbocycles. The Morgan fingerprint density at radius 3 is 2.52 bits per heavy atom. The van der Waals surface area contributed by atoms with Crippen molar-refractivity contribution in [2.75, 3.05) is 10.6 Å². The summed E-state index contributed by atoms with van der Waals surface area (Å²) in [5.41, 5.74) is 1.16. The van der Waals surface area contributed by atoms with Crippen molar-refractivity contribution in [1.29, 1.82) is 0 Å². The quantitative estimate of drug-likeness (QED) is 0.548. The number of thiophene rings is 1. The number of furan rings is 1. The van der Waals surface area contributed by atoms with Crippen LogP contribution in [0.5, 0.6) is 0 Å². The van der Waals surface area contributed by atoms with Gasteiger partial charge in [-0.25, -0.2) is 4.79 Å². The van der Waals surface area contributed by atoms with Gasteiger partial charge in [0.05, 0.1) is 11.3 Å². The Kier molecular flexibility index (Phi) is 6.36. The van der Waals surface area contributed by atoms with Crippen molar-refractivity contribution in [2.24, 2.45) is 0 Å². The van der Waals surface area contributed by atoms with Crippen molar-refractivity contribution >= 4 is 51.4 Å². The van der Waals surface area contributed by atoms with E-state index in [1.807, 2.05) is 0 Å². The molecule has 2 amide bonds. The third-order valence-electron chi connectivity index (χ3n) is 3.85. The van der Waals surface area contributed by atoms with Crippen molar-refractivity contribution in [3.63, 3.8) is 0 Å². The standard InChI is InChI=1S/C20H17ClN2O5S/c1-11-10-16(23-19(25)15-4-3-9-27-15)29-17(11)20(26)28-12(2)18(24)22-14-7-5-13(21)6-8-14/h3-10,12H,1-2H3,(H,22,24)(H,23,25). The highest BCUT2D eigenvalue weighted by Crippen LogP contribution is 2.28. The summed E-state index contributed by atoms with van der Waals surface area (Å²) in [6, 6.07) is 11.4. The van der Waals surface area contributed by atoms with Crippen LogP contribution in [0.15, 0.2) is 53.1 Å². The Labute approximate surface area is 175 Å². The maximum absolute atomic E-state index is 12.5. The smallest absolute Gasteiger partial charge is 0.349 e. The molecule has 3 aromatic rings. The molecule has 0 aliphatic rings. The minimum atomic E-state index is -1.01. The molecule has 150 valence electrons. The topological polar surface area (TPSA) is 97.6 Å². The lowest BCUT2D eigenvalue weighted by molar-refractivity contribution is -0.123. The lowest BCUT2D eigenvalue weighted by Crippen LogP contribution is -2.29. The number of aryl methyl sites for hydroxylation is 1. The third kappa shape index (κ3) is 5.24. The van der Waals surface area contributed by atoms with Gasteiger partial charge in [-0.15, -0.1) is 11.3 Å². The molecule has 2 heterocycles. The minimum absolute atomic E-state index is 0.160. The molecule has 0 bridgehead atoms. The number of ether oxygens (including phenoxy) is 1. The van der Waals surface area contributed by atoms with Gasteiger partial charge >= 0.3 is 5.97 Å². The zero-order valence-electron chi connectivity index (χ0n) is 15.5. The van der Waals surface area contributed by atoms with E-state index >= 15 is 0 Å². The number of benzene rings is 1. The summed E-state index contributed by atoms with van der Waals surface area (Å²) in [5.74, 6) is -1.38. The third-order valence-corrected chi connectivity index (χ3v) is 5.23. The second-order valence-electron chi connectivity index (χ2n) is 6.10. The van der Waals surface area contributed by atoms with Crippen LogP contribution in [0, 0.1) is 6.92 Å². The van der Waals surface area contributed by atoms with E-state index in [9.17, 15) is 14.4 Å². The number of hydrogen-bond donors (Lipinski definition) is 2. The van der Waals surface area contributed by atoms with Crippen molar-refractivity contribution < 1.29 is 23.5 Å². The Bertz CT molecular complexity index is 1030. The van der Waals surface area contributed by atoms with E-state index in [1.54, 1.807) is 43.3 Å². The molecule has 1 atom stereocenters. The zero-order valence-corrected chi connectivity index (χ0v) is 17.1. The van der Waals surface area contributed by atoms with Crippen LogP contribution in [0.3, 0.4) is 0 Å². The second-order valence-corrected chi connectivity index (χ2v) is 7.59. The van der Waals surface area contributed by atoms with Crippen LogP contribution < -0.4 is 10.6 Å². The monoisotopic (exact) mass is 432 g/mol. The number of rotatable bonds is 6. The number of halogens is 1. The summed E-state index contributed by atoms with van der Waals surface area (Å²) >= 11 is 6.87. The van der Waals surface area contributed by atoms with Crippen LogP contribution in [0.1, 0.15) is 32.7 Å². The van der Waals surface area contributed by atoms with Crippen LogP contribution in [0.25, 0.3) is 0 Å². The first kappa shape index (κ1) is 20.6. The van der Waals surface area contributed by atoms with Gasteiger partial charge in [0.2, 0.25) is 0 Å². The van der Waals surface area contributed by atoms with Crippen molar-refractivity contribution in [1.82, 2.24) is 0 Å². The number of carbonyl (C=O) groups is 3. The number of esters is 1. The molecule has 9 heteroatoms. The lowest BCUT2D eigenvalue weighted by Gasteiger charge is -2.13. The van der Waals surface area contributed by atoms with Crippen LogP contribution in [0.2, 0.25) is 5.02 Å². The first-order valence-corrected chi connectivity index (χ1v) is 9.75.